The Kier molecular flexibility index (Phi) is 7.55. The first-order valence-electron chi connectivity index (χ1n) is 11.8. The second-order valence-corrected chi connectivity index (χ2v) is 9.25. The Morgan fingerprint density at radius 1 is 1.12 bits per heavy atom. The van der Waals surface area contributed by atoms with Crippen molar-refractivity contribution >= 4 is 47.6 Å². The molecule has 1 saturated carbocycles. The fourth-order valence-corrected chi connectivity index (χ4v) is 5.72. The number of nitrogens with zero attached hydrogens (tertiary/aromatic N) is 4. The second-order valence-electron chi connectivity index (χ2n) is 9.25. The number of fused-ring (bicyclic) bond motifs is 5. The number of rotatable bonds is 7. The lowest BCUT2D eigenvalue weighted by atomic mass is 9.85. The monoisotopic (exact) mass is 564 g/mol. The lowest BCUT2D eigenvalue weighted by Crippen LogP contribution is -2.39. The zero-order chi connectivity index (χ0) is 22.1. The highest BCUT2D eigenvalue weighted by Crippen LogP contribution is 2.52. The lowest BCUT2D eigenvalue weighted by molar-refractivity contribution is -0.140. The van der Waals surface area contributed by atoms with Gasteiger partial charge < -0.3 is 15.5 Å². The molecule has 8 nitrogen and oxygen atoms in total. The van der Waals surface area contributed by atoms with Gasteiger partial charge >= 0.3 is 0 Å². The molecule has 1 aromatic rings. The Morgan fingerprint density at radius 3 is 2.48 bits per heavy atom. The number of carbonyl (C=O) groups excluding carboxylic acids is 2. The standard InChI is InChI=1S/C24H32N6O2.HI/c1-25-24(28-15-16-7-9-26-19(13-16)29-10-2-3-11-29)27-8-4-12-30-22(31)20-17-5-6-18(14-17)21(20)23(30)32;/h5-7,9,13,17-18,20-21H,2-4,8,10-12,14-15H2,1H3,(H2,25,27,28);1H. The molecule has 0 radical (unpaired) electrons. The van der Waals surface area contributed by atoms with Crippen molar-refractivity contribution in [1.29, 1.82) is 0 Å². The average Bonchev–Trinajstić information content (AvgIpc) is 3.60. The van der Waals surface area contributed by atoms with Gasteiger partial charge in [0.1, 0.15) is 5.82 Å². The number of hydrogen-bond donors (Lipinski definition) is 2. The van der Waals surface area contributed by atoms with Crippen molar-refractivity contribution in [2.45, 2.75) is 32.2 Å². The molecule has 2 aliphatic carbocycles. The molecule has 2 aliphatic heterocycles. The van der Waals surface area contributed by atoms with Crippen LogP contribution in [0.3, 0.4) is 0 Å². The van der Waals surface area contributed by atoms with Crippen LogP contribution in [0.4, 0.5) is 5.82 Å². The van der Waals surface area contributed by atoms with Crippen molar-refractivity contribution in [3.8, 4) is 0 Å². The molecule has 2 amide bonds. The van der Waals surface area contributed by atoms with Crippen LogP contribution in [-0.4, -0.2) is 60.9 Å². The van der Waals surface area contributed by atoms with Crippen molar-refractivity contribution in [2.75, 3.05) is 38.1 Å². The first kappa shape index (κ1) is 24.0. The molecule has 3 fully saturated rings. The Balaban J connectivity index is 0.00000259. The SMILES string of the molecule is CN=C(NCCCN1C(=O)C2C3C=CC(C3)C2C1=O)NCc1ccnc(N2CCCC2)c1.I. The van der Waals surface area contributed by atoms with E-state index in [2.05, 4.69) is 43.7 Å². The van der Waals surface area contributed by atoms with Gasteiger partial charge in [-0.2, -0.15) is 0 Å². The van der Waals surface area contributed by atoms with Gasteiger partial charge in [-0.25, -0.2) is 4.98 Å². The molecule has 0 aromatic carbocycles. The Labute approximate surface area is 212 Å². The van der Waals surface area contributed by atoms with Gasteiger partial charge in [-0.15, -0.1) is 24.0 Å². The summed E-state index contributed by atoms with van der Waals surface area (Å²) in [5, 5.41) is 6.63. The van der Waals surface area contributed by atoms with Gasteiger partial charge in [-0.05, 0) is 55.2 Å². The highest BCUT2D eigenvalue weighted by Gasteiger charge is 2.58. The largest absolute Gasteiger partial charge is 0.357 e. The summed E-state index contributed by atoms with van der Waals surface area (Å²) in [5.74, 6) is 2.15. The first-order valence-corrected chi connectivity index (χ1v) is 11.8. The molecule has 2 bridgehead atoms. The minimum Gasteiger partial charge on any atom is -0.357 e. The molecule has 9 heteroatoms. The maximum atomic E-state index is 12.8. The minimum absolute atomic E-state index is 0. The van der Waals surface area contributed by atoms with Crippen LogP contribution in [0.1, 0.15) is 31.2 Å². The molecule has 4 unspecified atom stereocenters. The van der Waals surface area contributed by atoms with E-state index in [9.17, 15) is 9.59 Å². The van der Waals surface area contributed by atoms with Gasteiger partial charge in [-0.1, -0.05) is 12.2 Å². The fourth-order valence-electron chi connectivity index (χ4n) is 5.72. The molecule has 33 heavy (non-hydrogen) atoms. The third-order valence-electron chi connectivity index (χ3n) is 7.34. The number of carbonyl (C=O) groups is 2. The van der Waals surface area contributed by atoms with Crippen LogP contribution < -0.4 is 15.5 Å². The van der Waals surface area contributed by atoms with E-state index in [1.807, 2.05) is 12.3 Å². The number of nitrogens with one attached hydrogen (secondary N) is 2. The summed E-state index contributed by atoms with van der Waals surface area (Å²) in [6.45, 7) is 3.93. The van der Waals surface area contributed by atoms with Crippen molar-refractivity contribution in [3.63, 3.8) is 0 Å². The minimum atomic E-state index is -0.106. The normalized spacial score (nSPS) is 27.8. The summed E-state index contributed by atoms with van der Waals surface area (Å²) < 4.78 is 0. The molecule has 2 saturated heterocycles. The summed E-state index contributed by atoms with van der Waals surface area (Å²) in [6.07, 6.45) is 10.3. The number of amides is 2. The van der Waals surface area contributed by atoms with E-state index in [0.29, 0.717) is 32.0 Å². The molecule has 5 rings (SSSR count). The summed E-state index contributed by atoms with van der Waals surface area (Å²) >= 11 is 0. The molecular weight excluding hydrogens is 531 g/mol. The third-order valence-corrected chi connectivity index (χ3v) is 7.34. The van der Waals surface area contributed by atoms with E-state index < -0.39 is 0 Å². The maximum absolute atomic E-state index is 12.8. The summed E-state index contributed by atoms with van der Waals surface area (Å²) in [7, 11) is 1.75. The molecule has 3 heterocycles. The Bertz CT molecular complexity index is 915. The second kappa shape index (κ2) is 10.4. The zero-order valence-electron chi connectivity index (χ0n) is 19.1. The lowest BCUT2D eigenvalue weighted by Gasteiger charge is -2.18. The molecule has 2 N–H and O–H groups in total. The number of imide groups is 1. The number of allylic oxidation sites excluding steroid dienone is 2. The van der Waals surface area contributed by atoms with E-state index in [0.717, 1.165) is 30.9 Å². The molecule has 178 valence electrons. The Morgan fingerprint density at radius 2 is 1.82 bits per heavy atom. The van der Waals surface area contributed by atoms with E-state index >= 15 is 0 Å². The molecule has 4 atom stereocenters. The van der Waals surface area contributed by atoms with Crippen LogP contribution in [0.15, 0.2) is 35.5 Å². The van der Waals surface area contributed by atoms with Gasteiger partial charge in [0, 0.05) is 46.0 Å². The van der Waals surface area contributed by atoms with E-state index in [4.69, 9.17) is 0 Å². The first-order chi connectivity index (χ1) is 15.7. The molecule has 0 spiro atoms. The highest BCUT2D eigenvalue weighted by atomic mass is 127. The number of aromatic nitrogens is 1. The van der Waals surface area contributed by atoms with Crippen molar-refractivity contribution in [2.24, 2.45) is 28.7 Å². The predicted octanol–water partition coefficient (Wildman–Crippen LogP) is 2.16. The van der Waals surface area contributed by atoms with Gasteiger partial charge in [0.15, 0.2) is 5.96 Å². The summed E-state index contributed by atoms with van der Waals surface area (Å²) in [5.41, 5.74) is 1.16. The van der Waals surface area contributed by atoms with Crippen LogP contribution in [0.5, 0.6) is 0 Å². The van der Waals surface area contributed by atoms with Gasteiger partial charge in [0.25, 0.3) is 0 Å². The van der Waals surface area contributed by atoms with Crippen molar-refractivity contribution < 1.29 is 9.59 Å². The van der Waals surface area contributed by atoms with E-state index in [-0.39, 0.29) is 59.5 Å². The van der Waals surface area contributed by atoms with Crippen LogP contribution in [-0.2, 0) is 16.1 Å². The van der Waals surface area contributed by atoms with E-state index in [1.54, 1.807) is 7.05 Å². The summed E-state index contributed by atoms with van der Waals surface area (Å²) in [4.78, 5) is 38.1. The summed E-state index contributed by atoms with van der Waals surface area (Å²) in [6, 6.07) is 4.15. The van der Waals surface area contributed by atoms with Gasteiger partial charge in [0.05, 0.1) is 11.8 Å². The zero-order valence-corrected chi connectivity index (χ0v) is 21.4. The highest BCUT2D eigenvalue weighted by molar-refractivity contribution is 14.0. The number of guanidine groups is 1. The topological polar surface area (TPSA) is 89.9 Å². The van der Waals surface area contributed by atoms with E-state index in [1.165, 1.54) is 17.7 Å². The van der Waals surface area contributed by atoms with Crippen molar-refractivity contribution in [3.05, 3.63) is 36.0 Å². The quantitative estimate of drug-likeness (QED) is 0.132. The third kappa shape index (κ3) is 4.74. The van der Waals surface area contributed by atoms with Gasteiger partial charge in [0.2, 0.25) is 11.8 Å². The van der Waals surface area contributed by atoms with Crippen LogP contribution in [0.2, 0.25) is 0 Å². The molecular formula is C24H33IN6O2. The number of pyridine rings is 1. The molecule has 1 aromatic heterocycles. The number of anilines is 1. The fraction of sp³-hybridized carbons (Fsp3) is 0.583. The number of aliphatic imine (C=N–C) groups is 1. The average molecular weight is 564 g/mol. The smallest absolute Gasteiger partial charge is 0.233 e. The number of halogens is 1. The number of hydrogen-bond acceptors (Lipinski definition) is 5. The Hall–Kier alpha value is -2.17. The number of likely N-dealkylation sites (tertiary alicyclic amines) is 1. The van der Waals surface area contributed by atoms with Crippen LogP contribution >= 0.6 is 24.0 Å². The predicted molar refractivity (Wildman–Crippen MR) is 138 cm³/mol. The molecule has 4 aliphatic rings. The van der Waals surface area contributed by atoms with Crippen LogP contribution in [0.25, 0.3) is 0 Å². The maximum Gasteiger partial charge on any atom is 0.233 e. The van der Waals surface area contributed by atoms with Gasteiger partial charge in [-0.3, -0.25) is 19.5 Å². The van der Waals surface area contributed by atoms with Crippen molar-refractivity contribution in [1.82, 2.24) is 20.5 Å². The van der Waals surface area contributed by atoms with Crippen LogP contribution in [0, 0.1) is 23.7 Å².